The molecule has 0 saturated carbocycles. The molecular formula is C64H45N. The molecule has 1 nitrogen and oxygen atoms in total. The molecule has 0 aliphatic heterocycles. The van der Waals surface area contributed by atoms with Crippen LogP contribution >= 0.6 is 0 Å². The summed E-state index contributed by atoms with van der Waals surface area (Å²) in [6, 6.07) is 84.4. The third-order valence-corrected chi connectivity index (χ3v) is 12.1. The molecule has 0 aliphatic carbocycles. The molecule has 0 radical (unpaired) electrons. The minimum Gasteiger partial charge on any atom is -0.311 e. The van der Waals surface area contributed by atoms with Gasteiger partial charge in [-0.2, -0.15) is 0 Å². The zero-order chi connectivity index (χ0) is 46.8. The van der Waals surface area contributed by atoms with Crippen molar-refractivity contribution in [1.29, 1.82) is 0 Å². The molecule has 0 spiro atoms. The summed E-state index contributed by atoms with van der Waals surface area (Å²) in [5.41, 5.74) is 15.3. The quantitative estimate of drug-likeness (QED) is 0.133. The van der Waals surface area contributed by atoms with E-state index in [4.69, 9.17) is 0 Å². The van der Waals surface area contributed by atoms with E-state index in [1.54, 1.807) is 0 Å². The van der Waals surface area contributed by atoms with Crippen molar-refractivity contribution in [2.24, 2.45) is 0 Å². The highest BCUT2D eigenvalue weighted by molar-refractivity contribution is 5.97. The van der Waals surface area contributed by atoms with Gasteiger partial charge in [-0.1, -0.05) is 206 Å². The van der Waals surface area contributed by atoms with Crippen molar-refractivity contribution in [3.63, 3.8) is 0 Å². The first-order valence-electron chi connectivity index (χ1n) is 24.0. The first-order chi connectivity index (χ1) is 33.9. The largest absolute Gasteiger partial charge is 0.311 e. The SMILES string of the molecule is [2H]c1c([2H])c(N(c2ccc(-c3cccc(-c4ccccc4)c3)cc2)c2ccc(-c3cc(-c4ccccc4)cc(-c4ccccc4)c3)cc2)c([2H])c([2H])c1-c1cccc(-c2cccc3ccccc23)c1. The standard InChI is InChI=1S/C64H45N/c1-4-15-46(16-5-1)53-23-12-24-54(41-53)49-29-35-60(36-30-49)65(61-37-31-50(32-38-61)55-25-13-26-56(42-55)64-28-14-22-52-21-10-11-27-63(52)64)62-39-33-51(34-40-62)59-44-57(47-17-6-2-7-18-47)43-58(45-59)48-19-8-3-9-20-48/h1-45H/i31D,32D,37D,38D. The highest BCUT2D eigenvalue weighted by atomic mass is 15.1. The number of hydrogen-bond donors (Lipinski definition) is 0. The first kappa shape index (κ1) is 35.0. The van der Waals surface area contributed by atoms with Crippen LogP contribution in [0.15, 0.2) is 273 Å². The Kier molecular flexibility index (Phi) is 9.52. The molecule has 11 rings (SSSR count). The molecule has 0 aliphatic rings. The van der Waals surface area contributed by atoms with E-state index in [0.717, 1.165) is 77.5 Å². The lowest BCUT2D eigenvalue weighted by molar-refractivity contribution is 1.28. The van der Waals surface area contributed by atoms with Gasteiger partial charge in [0.1, 0.15) is 0 Å². The van der Waals surface area contributed by atoms with Gasteiger partial charge in [0, 0.05) is 17.1 Å². The highest BCUT2D eigenvalue weighted by Gasteiger charge is 2.16. The van der Waals surface area contributed by atoms with E-state index < -0.39 is 0 Å². The van der Waals surface area contributed by atoms with E-state index in [2.05, 4.69) is 152 Å². The zero-order valence-electron chi connectivity index (χ0n) is 39.6. The van der Waals surface area contributed by atoms with Gasteiger partial charge < -0.3 is 4.90 Å². The number of benzene rings is 11. The summed E-state index contributed by atoms with van der Waals surface area (Å²) >= 11 is 0. The Balaban J connectivity index is 1.03. The molecule has 0 amide bonds. The van der Waals surface area contributed by atoms with Crippen LogP contribution in [0, 0.1) is 0 Å². The fraction of sp³-hybridized carbons (Fsp3) is 0. The minimum absolute atomic E-state index is 0.108. The number of anilines is 3. The molecule has 1 heteroatoms. The van der Waals surface area contributed by atoms with E-state index in [9.17, 15) is 5.48 Å². The molecule has 0 unspecified atom stereocenters. The van der Waals surface area contributed by atoms with E-state index in [-0.39, 0.29) is 35.4 Å². The summed E-state index contributed by atoms with van der Waals surface area (Å²) in [5.74, 6) is 0. The molecule has 0 bridgehead atoms. The van der Waals surface area contributed by atoms with Crippen LogP contribution in [0.1, 0.15) is 5.48 Å². The molecule has 0 atom stereocenters. The van der Waals surface area contributed by atoms with Crippen molar-refractivity contribution in [3.8, 4) is 77.9 Å². The van der Waals surface area contributed by atoms with Crippen LogP contribution in [0.5, 0.6) is 0 Å². The summed E-state index contributed by atoms with van der Waals surface area (Å²) in [6.07, 6.45) is 0. The number of rotatable bonds is 10. The third-order valence-electron chi connectivity index (χ3n) is 12.1. The van der Waals surface area contributed by atoms with Crippen LogP contribution in [-0.4, -0.2) is 0 Å². The lowest BCUT2D eigenvalue weighted by Gasteiger charge is -2.26. The molecule has 0 aromatic heterocycles. The second kappa shape index (κ2) is 17.7. The van der Waals surface area contributed by atoms with Gasteiger partial charge in [-0.3, -0.25) is 0 Å². The topological polar surface area (TPSA) is 3.24 Å². The average molecular weight is 832 g/mol. The van der Waals surface area contributed by atoms with Gasteiger partial charge >= 0.3 is 0 Å². The molecule has 306 valence electrons. The van der Waals surface area contributed by atoms with Gasteiger partial charge in [0.15, 0.2) is 0 Å². The molecule has 0 fully saturated rings. The maximum atomic E-state index is 9.71. The van der Waals surface area contributed by atoms with Crippen molar-refractivity contribution in [1.82, 2.24) is 0 Å². The lowest BCUT2D eigenvalue weighted by Crippen LogP contribution is -2.09. The Morgan fingerprint density at radius 2 is 0.585 bits per heavy atom. The molecule has 0 N–H and O–H groups in total. The van der Waals surface area contributed by atoms with Crippen LogP contribution in [-0.2, 0) is 0 Å². The fourth-order valence-corrected chi connectivity index (χ4v) is 8.79. The molecule has 11 aromatic carbocycles. The Bertz CT molecular complexity index is 3540. The van der Waals surface area contributed by atoms with Crippen molar-refractivity contribution < 1.29 is 5.48 Å². The number of fused-ring (bicyclic) bond motifs is 1. The second-order valence-electron chi connectivity index (χ2n) is 16.2. The van der Waals surface area contributed by atoms with Crippen molar-refractivity contribution in [3.05, 3.63) is 273 Å². The Labute approximate surface area is 387 Å². The Morgan fingerprint density at radius 3 is 1.12 bits per heavy atom. The summed E-state index contributed by atoms with van der Waals surface area (Å²) < 4.78 is 38.6. The summed E-state index contributed by atoms with van der Waals surface area (Å²) in [5, 5.41) is 2.22. The summed E-state index contributed by atoms with van der Waals surface area (Å²) in [4.78, 5) is 1.86. The van der Waals surface area contributed by atoms with E-state index >= 15 is 0 Å². The average Bonchev–Trinajstić information content (AvgIpc) is 3.42. The van der Waals surface area contributed by atoms with Gasteiger partial charge in [-0.15, -0.1) is 0 Å². The van der Waals surface area contributed by atoms with Gasteiger partial charge in [0.05, 0.1) is 5.48 Å². The van der Waals surface area contributed by atoms with Crippen LogP contribution < -0.4 is 4.90 Å². The molecular weight excluding hydrogens is 783 g/mol. The Hall–Kier alpha value is -8.52. The summed E-state index contributed by atoms with van der Waals surface area (Å²) in [6.45, 7) is 0. The van der Waals surface area contributed by atoms with Gasteiger partial charge in [0.25, 0.3) is 0 Å². The Morgan fingerprint density at radius 1 is 0.231 bits per heavy atom. The number of hydrogen-bond acceptors (Lipinski definition) is 1. The number of nitrogens with zero attached hydrogens (tertiary/aromatic N) is 1. The van der Waals surface area contributed by atoms with Gasteiger partial charge in [-0.05, 0) is 155 Å². The first-order valence-corrected chi connectivity index (χ1v) is 22.0. The van der Waals surface area contributed by atoms with Crippen LogP contribution in [0.3, 0.4) is 0 Å². The smallest absolute Gasteiger partial charge is 0.0645 e. The fourth-order valence-electron chi connectivity index (χ4n) is 8.79. The predicted molar refractivity (Wildman–Crippen MR) is 277 cm³/mol. The molecule has 11 aromatic rings. The van der Waals surface area contributed by atoms with Crippen LogP contribution in [0.2, 0.25) is 0 Å². The summed E-state index contributed by atoms with van der Waals surface area (Å²) in [7, 11) is 0. The van der Waals surface area contributed by atoms with Crippen molar-refractivity contribution in [2.75, 3.05) is 4.90 Å². The van der Waals surface area contributed by atoms with Crippen LogP contribution in [0.4, 0.5) is 17.1 Å². The van der Waals surface area contributed by atoms with E-state index in [0.29, 0.717) is 16.9 Å². The van der Waals surface area contributed by atoms with E-state index in [1.165, 1.54) is 0 Å². The third kappa shape index (κ3) is 8.27. The highest BCUT2D eigenvalue weighted by Crippen LogP contribution is 2.40. The second-order valence-corrected chi connectivity index (χ2v) is 16.2. The van der Waals surface area contributed by atoms with Crippen LogP contribution in [0.25, 0.3) is 88.7 Å². The van der Waals surface area contributed by atoms with Gasteiger partial charge in [0.2, 0.25) is 0 Å². The monoisotopic (exact) mass is 831 g/mol. The van der Waals surface area contributed by atoms with E-state index in [1.807, 2.05) is 102 Å². The minimum atomic E-state index is -0.131. The molecule has 65 heavy (non-hydrogen) atoms. The van der Waals surface area contributed by atoms with Gasteiger partial charge in [-0.25, -0.2) is 0 Å². The maximum absolute atomic E-state index is 9.71. The van der Waals surface area contributed by atoms with Crippen molar-refractivity contribution in [2.45, 2.75) is 0 Å². The normalized spacial score (nSPS) is 11.9. The zero-order valence-corrected chi connectivity index (χ0v) is 35.6. The maximum Gasteiger partial charge on any atom is 0.0645 e. The van der Waals surface area contributed by atoms with Crippen molar-refractivity contribution >= 4 is 27.8 Å². The molecule has 0 heterocycles. The lowest BCUT2D eigenvalue weighted by atomic mass is 9.93. The predicted octanol–water partition coefficient (Wildman–Crippen LogP) is 18.0. The molecule has 0 saturated heterocycles.